The van der Waals surface area contributed by atoms with Gasteiger partial charge in [-0.2, -0.15) is 0 Å². The molecule has 0 heterocycles. The molecular formula is C12H21BrO4. The molecule has 0 bridgehead atoms. The normalized spacial score (nSPS) is 10.2. The van der Waals surface area contributed by atoms with Crippen LogP contribution in [-0.2, 0) is 14.3 Å². The van der Waals surface area contributed by atoms with Gasteiger partial charge in [0.15, 0.2) is 0 Å². The fourth-order valence-corrected chi connectivity index (χ4v) is 1.75. The van der Waals surface area contributed by atoms with Crippen LogP contribution in [-0.4, -0.2) is 29.0 Å². The maximum absolute atomic E-state index is 11.2. The Bertz CT molecular complexity index is 219. The topological polar surface area (TPSA) is 63.6 Å². The fourth-order valence-electron chi connectivity index (χ4n) is 1.35. The lowest BCUT2D eigenvalue weighted by molar-refractivity contribution is -0.144. The Morgan fingerprint density at radius 3 is 2.24 bits per heavy atom. The van der Waals surface area contributed by atoms with Gasteiger partial charge in [0.2, 0.25) is 0 Å². The van der Waals surface area contributed by atoms with Crippen molar-refractivity contribution in [3.05, 3.63) is 0 Å². The number of carbonyl (C=O) groups excluding carboxylic acids is 1. The molecular weight excluding hydrogens is 288 g/mol. The Morgan fingerprint density at radius 1 is 0.941 bits per heavy atom. The summed E-state index contributed by atoms with van der Waals surface area (Å²) in [5.41, 5.74) is 0. The number of carboxylic acid groups (broad SMARTS) is 1. The molecule has 1 N–H and O–H groups in total. The molecule has 0 saturated carbocycles. The van der Waals surface area contributed by atoms with Crippen molar-refractivity contribution in [3.8, 4) is 0 Å². The van der Waals surface area contributed by atoms with Crippen molar-refractivity contribution < 1.29 is 19.4 Å². The van der Waals surface area contributed by atoms with Gasteiger partial charge in [0.25, 0.3) is 0 Å². The monoisotopic (exact) mass is 308 g/mol. The van der Waals surface area contributed by atoms with Crippen LogP contribution in [0, 0.1) is 0 Å². The van der Waals surface area contributed by atoms with Crippen LogP contribution >= 0.6 is 15.9 Å². The lowest BCUT2D eigenvalue weighted by atomic mass is 10.2. The molecule has 100 valence electrons. The van der Waals surface area contributed by atoms with Crippen LogP contribution in [0.15, 0.2) is 0 Å². The van der Waals surface area contributed by atoms with Gasteiger partial charge < -0.3 is 9.84 Å². The van der Waals surface area contributed by atoms with Gasteiger partial charge in [-0.15, -0.1) is 0 Å². The zero-order chi connectivity index (χ0) is 12.9. The largest absolute Gasteiger partial charge is 0.481 e. The minimum absolute atomic E-state index is 0.141. The summed E-state index contributed by atoms with van der Waals surface area (Å²) in [5.74, 6) is -0.911. The molecule has 0 aromatic carbocycles. The van der Waals surface area contributed by atoms with Crippen molar-refractivity contribution >= 4 is 27.9 Å². The molecule has 0 amide bonds. The average molecular weight is 309 g/mol. The first-order chi connectivity index (χ1) is 8.16. The summed E-state index contributed by atoms with van der Waals surface area (Å²) in [5, 5.41) is 9.39. The lowest BCUT2D eigenvalue weighted by Crippen LogP contribution is -2.05. The number of halogens is 1. The van der Waals surface area contributed by atoms with E-state index in [2.05, 4.69) is 15.9 Å². The molecule has 0 aliphatic rings. The van der Waals surface area contributed by atoms with Gasteiger partial charge in [-0.05, 0) is 32.1 Å². The van der Waals surface area contributed by atoms with Crippen molar-refractivity contribution in [3.63, 3.8) is 0 Å². The number of alkyl halides is 1. The highest BCUT2D eigenvalue weighted by atomic mass is 79.9. The Labute approximate surface area is 111 Å². The molecule has 5 heteroatoms. The second-order valence-corrected chi connectivity index (χ2v) is 4.72. The van der Waals surface area contributed by atoms with Crippen molar-refractivity contribution in [2.45, 2.75) is 51.4 Å². The van der Waals surface area contributed by atoms with Crippen LogP contribution < -0.4 is 0 Å². The van der Waals surface area contributed by atoms with Crippen molar-refractivity contribution in [2.75, 3.05) is 11.9 Å². The van der Waals surface area contributed by atoms with Gasteiger partial charge in [-0.1, -0.05) is 22.4 Å². The van der Waals surface area contributed by atoms with Crippen molar-refractivity contribution in [2.24, 2.45) is 0 Å². The Hall–Kier alpha value is -0.580. The van der Waals surface area contributed by atoms with E-state index in [0.717, 1.165) is 37.4 Å². The summed E-state index contributed by atoms with van der Waals surface area (Å²) in [7, 11) is 0. The molecule has 0 aliphatic carbocycles. The highest BCUT2D eigenvalue weighted by molar-refractivity contribution is 9.09. The minimum atomic E-state index is -0.770. The molecule has 17 heavy (non-hydrogen) atoms. The van der Waals surface area contributed by atoms with Crippen LogP contribution in [0.1, 0.15) is 51.4 Å². The maximum Gasteiger partial charge on any atom is 0.305 e. The van der Waals surface area contributed by atoms with E-state index in [1.165, 1.54) is 0 Å². The molecule has 0 spiro atoms. The smallest absolute Gasteiger partial charge is 0.305 e. The predicted molar refractivity (Wildman–Crippen MR) is 69.3 cm³/mol. The van der Waals surface area contributed by atoms with Crippen LogP contribution in [0.3, 0.4) is 0 Å². The van der Waals surface area contributed by atoms with Gasteiger partial charge in [-0.25, -0.2) is 0 Å². The van der Waals surface area contributed by atoms with Gasteiger partial charge in [-0.3, -0.25) is 9.59 Å². The third kappa shape index (κ3) is 13.4. The number of aliphatic carboxylic acids is 1. The van der Waals surface area contributed by atoms with Gasteiger partial charge in [0, 0.05) is 18.2 Å². The molecule has 0 aromatic rings. The first-order valence-electron chi connectivity index (χ1n) is 6.10. The molecule has 0 unspecified atom stereocenters. The average Bonchev–Trinajstić information content (AvgIpc) is 2.29. The first-order valence-corrected chi connectivity index (χ1v) is 7.22. The number of rotatable bonds is 11. The zero-order valence-electron chi connectivity index (χ0n) is 10.1. The third-order valence-electron chi connectivity index (χ3n) is 2.31. The SMILES string of the molecule is O=C(O)CCCCCOC(=O)CCCCCBr. The quantitative estimate of drug-likeness (QED) is 0.362. The molecule has 0 rings (SSSR count). The minimum Gasteiger partial charge on any atom is -0.481 e. The summed E-state index contributed by atoms with van der Waals surface area (Å²) in [6, 6.07) is 0. The number of carbonyl (C=O) groups is 2. The summed E-state index contributed by atoms with van der Waals surface area (Å²) in [6.07, 6.45) is 5.88. The van der Waals surface area contributed by atoms with Crippen LogP contribution in [0.5, 0.6) is 0 Å². The molecule has 0 atom stereocenters. The second-order valence-electron chi connectivity index (χ2n) is 3.92. The summed E-state index contributed by atoms with van der Waals surface area (Å²) >= 11 is 3.33. The highest BCUT2D eigenvalue weighted by Gasteiger charge is 2.02. The number of ether oxygens (including phenoxy) is 1. The van der Waals surface area contributed by atoms with E-state index < -0.39 is 5.97 Å². The van der Waals surface area contributed by atoms with E-state index in [0.29, 0.717) is 19.4 Å². The summed E-state index contributed by atoms with van der Waals surface area (Å²) in [6.45, 7) is 0.414. The second kappa shape index (κ2) is 11.9. The standard InChI is InChI=1S/C12H21BrO4/c13-9-5-1-4-8-12(16)17-10-6-2-3-7-11(14)15/h1-10H2,(H,14,15). The molecule has 0 aromatic heterocycles. The fraction of sp³-hybridized carbons (Fsp3) is 0.833. The van der Waals surface area contributed by atoms with Crippen molar-refractivity contribution in [1.29, 1.82) is 0 Å². The third-order valence-corrected chi connectivity index (χ3v) is 2.87. The molecule has 0 aliphatic heterocycles. The van der Waals surface area contributed by atoms with Gasteiger partial charge >= 0.3 is 11.9 Å². The number of hydrogen-bond acceptors (Lipinski definition) is 3. The number of unbranched alkanes of at least 4 members (excludes halogenated alkanes) is 4. The van der Waals surface area contributed by atoms with Crippen molar-refractivity contribution in [1.82, 2.24) is 0 Å². The highest BCUT2D eigenvalue weighted by Crippen LogP contribution is 2.04. The van der Waals surface area contributed by atoms with Crippen LogP contribution in [0.2, 0.25) is 0 Å². The van der Waals surface area contributed by atoms with Crippen LogP contribution in [0.4, 0.5) is 0 Å². The summed E-state index contributed by atoms with van der Waals surface area (Å²) in [4.78, 5) is 21.4. The number of carboxylic acids is 1. The Morgan fingerprint density at radius 2 is 1.59 bits per heavy atom. The van der Waals surface area contributed by atoms with Gasteiger partial charge in [0.1, 0.15) is 0 Å². The van der Waals surface area contributed by atoms with Crippen LogP contribution in [0.25, 0.3) is 0 Å². The Balaban J connectivity index is 3.19. The molecule has 0 radical (unpaired) electrons. The predicted octanol–water partition coefficient (Wildman–Crippen LogP) is 3.13. The zero-order valence-corrected chi connectivity index (χ0v) is 11.7. The van der Waals surface area contributed by atoms with E-state index >= 15 is 0 Å². The van der Waals surface area contributed by atoms with E-state index in [1.54, 1.807) is 0 Å². The number of esters is 1. The van der Waals surface area contributed by atoms with Gasteiger partial charge in [0.05, 0.1) is 6.61 Å². The van der Waals surface area contributed by atoms with E-state index in [1.807, 2.05) is 0 Å². The molecule has 4 nitrogen and oxygen atoms in total. The number of hydrogen-bond donors (Lipinski definition) is 1. The maximum atomic E-state index is 11.2. The van der Waals surface area contributed by atoms with E-state index in [9.17, 15) is 9.59 Å². The molecule has 0 saturated heterocycles. The van der Waals surface area contributed by atoms with E-state index in [4.69, 9.17) is 9.84 Å². The van der Waals surface area contributed by atoms with E-state index in [-0.39, 0.29) is 12.4 Å². The molecule has 0 fully saturated rings. The first kappa shape index (κ1) is 16.4. The summed E-state index contributed by atoms with van der Waals surface area (Å²) < 4.78 is 5.03. The Kier molecular flexibility index (Phi) is 11.5. The lowest BCUT2D eigenvalue weighted by Gasteiger charge is -2.04.